The molecule has 1 aromatic heterocycles. The lowest BCUT2D eigenvalue weighted by molar-refractivity contribution is -0.0122. The number of fused-ring (bicyclic) bond motifs is 1. The van der Waals surface area contributed by atoms with Crippen molar-refractivity contribution in [2.24, 2.45) is 0 Å². The Morgan fingerprint density at radius 1 is 1.29 bits per heavy atom. The molecule has 0 spiro atoms. The minimum atomic E-state index is -0.0729. The first-order valence-corrected chi connectivity index (χ1v) is 7.22. The van der Waals surface area contributed by atoms with E-state index in [1.165, 1.54) is 29.7 Å². The summed E-state index contributed by atoms with van der Waals surface area (Å²) in [5, 5.41) is 0. The Bertz CT molecular complexity index is 400. The Hall–Kier alpha value is -0.870. The number of hydroxylamine groups is 1. The van der Waals surface area contributed by atoms with Crippen molar-refractivity contribution in [1.82, 2.24) is 5.48 Å². The molecule has 1 N–H and O–H groups in total. The van der Waals surface area contributed by atoms with E-state index in [1.807, 2.05) is 6.07 Å². The van der Waals surface area contributed by atoms with Crippen LogP contribution in [0, 0.1) is 0 Å². The predicted octanol–water partition coefficient (Wildman–Crippen LogP) is 2.84. The van der Waals surface area contributed by atoms with Gasteiger partial charge in [-0.15, -0.1) is 11.3 Å². The van der Waals surface area contributed by atoms with Crippen LogP contribution in [0.3, 0.4) is 0 Å². The molecular formula is C13H17NO2S. The van der Waals surface area contributed by atoms with Crippen LogP contribution >= 0.6 is 11.3 Å². The number of amides is 1. The summed E-state index contributed by atoms with van der Waals surface area (Å²) in [5.74, 6) is -0.0729. The molecule has 1 aromatic rings. The first-order chi connectivity index (χ1) is 8.33. The second-order valence-electron chi connectivity index (χ2n) is 4.87. The molecule has 0 aromatic carbocycles. The van der Waals surface area contributed by atoms with Gasteiger partial charge in [0.05, 0.1) is 11.0 Å². The van der Waals surface area contributed by atoms with E-state index < -0.39 is 0 Å². The summed E-state index contributed by atoms with van der Waals surface area (Å²) in [4.78, 5) is 19.5. The highest BCUT2D eigenvalue weighted by molar-refractivity contribution is 7.14. The molecule has 0 atom stereocenters. The monoisotopic (exact) mass is 251 g/mol. The fourth-order valence-electron chi connectivity index (χ4n) is 2.63. The Morgan fingerprint density at radius 2 is 2.12 bits per heavy atom. The van der Waals surface area contributed by atoms with Gasteiger partial charge in [-0.25, -0.2) is 5.48 Å². The summed E-state index contributed by atoms with van der Waals surface area (Å²) in [6.45, 7) is 0. The largest absolute Gasteiger partial charge is 0.284 e. The molecule has 3 nitrogen and oxygen atoms in total. The highest BCUT2D eigenvalue weighted by Crippen LogP contribution is 2.30. The van der Waals surface area contributed by atoms with Crippen molar-refractivity contribution >= 4 is 17.2 Å². The smallest absolute Gasteiger partial charge is 0.270 e. The van der Waals surface area contributed by atoms with Crippen molar-refractivity contribution in [2.45, 2.75) is 51.0 Å². The molecule has 92 valence electrons. The molecule has 1 heterocycles. The lowest BCUT2D eigenvalue weighted by Gasteiger charge is -2.10. The standard InChI is InChI=1S/C13H17NO2S/c15-13(14-16-10-5-1-2-6-10)12-8-9-4-3-7-11(9)17-12/h8,10H,1-7H2,(H,14,15). The third-order valence-corrected chi connectivity index (χ3v) is 4.83. The number of carbonyl (C=O) groups excluding carboxylic acids is 1. The molecule has 0 aliphatic heterocycles. The van der Waals surface area contributed by atoms with Crippen LogP contribution < -0.4 is 5.48 Å². The quantitative estimate of drug-likeness (QED) is 0.839. The number of hydrogen-bond donors (Lipinski definition) is 1. The summed E-state index contributed by atoms with van der Waals surface area (Å²) in [5.41, 5.74) is 3.96. The van der Waals surface area contributed by atoms with Gasteiger partial charge in [-0.1, -0.05) is 12.8 Å². The van der Waals surface area contributed by atoms with Gasteiger partial charge in [-0.3, -0.25) is 9.63 Å². The molecule has 1 amide bonds. The summed E-state index contributed by atoms with van der Waals surface area (Å²) >= 11 is 1.62. The third-order valence-electron chi connectivity index (χ3n) is 3.59. The van der Waals surface area contributed by atoms with Crippen LogP contribution in [-0.4, -0.2) is 12.0 Å². The molecule has 17 heavy (non-hydrogen) atoms. The minimum absolute atomic E-state index is 0.0729. The third kappa shape index (κ3) is 2.38. The highest BCUT2D eigenvalue weighted by atomic mass is 32.1. The molecule has 0 saturated heterocycles. The molecule has 2 aliphatic carbocycles. The summed E-state index contributed by atoms with van der Waals surface area (Å²) in [6, 6.07) is 2.03. The number of thiophene rings is 1. The molecule has 0 unspecified atom stereocenters. The Balaban J connectivity index is 1.57. The van der Waals surface area contributed by atoms with E-state index >= 15 is 0 Å². The average molecular weight is 251 g/mol. The van der Waals surface area contributed by atoms with Crippen LogP contribution in [-0.2, 0) is 17.7 Å². The summed E-state index contributed by atoms with van der Waals surface area (Å²) in [6.07, 6.45) is 8.30. The van der Waals surface area contributed by atoms with Gasteiger partial charge in [0.25, 0.3) is 5.91 Å². The van der Waals surface area contributed by atoms with Gasteiger partial charge < -0.3 is 0 Å². The summed E-state index contributed by atoms with van der Waals surface area (Å²) < 4.78 is 0. The van der Waals surface area contributed by atoms with Crippen LogP contribution in [0.25, 0.3) is 0 Å². The number of carbonyl (C=O) groups is 1. The van der Waals surface area contributed by atoms with Gasteiger partial charge in [0.2, 0.25) is 0 Å². The number of aryl methyl sites for hydroxylation is 2. The van der Waals surface area contributed by atoms with E-state index in [2.05, 4.69) is 5.48 Å². The van der Waals surface area contributed by atoms with Crippen LogP contribution in [0.1, 0.15) is 52.2 Å². The minimum Gasteiger partial charge on any atom is -0.270 e. The molecule has 1 fully saturated rings. The lowest BCUT2D eigenvalue weighted by Crippen LogP contribution is -2.27. The zero-order valence-electron chi connectivity index (χ0n) is 9.83. The van der Waals surface area contributed by atoms with Crippen molar-refractivity contribution < 1.29 is 9.63 Å². The van der Waals surface area contributed by atoms with Crippen LogP contribution in [0.15, 0.2) is 6.07 Å². The molecule has 0 radical (unpaired) electrons. The van der Waals surface area contributed by atoms with Crippen LogP contribution in [0.2, 0.25) is 0 Å². The van der Waals surface area contributed by atoms with Crippen molar-refractivity contribution in [3.05, 3.63) is 21.4 Å². The van der Waals surface area contributed by atoms with Crippen molar-refractivity contribution in [3.63, 3.8) is 0 Å². The van der Waals surface area contributed by atoms with Gasteiger partial charge >= 0.3 is 0 Å². The normalized spacial score (nSPS) is 19.5. The van der Waals surface area contributed by atoms with Gasteiger partial charge in [0.15, 0.2) is 0 Å². The second kappa shape index (κ2) is 4.78. The lowest BCUT2D eigenvalue weighted by atomic mass is 10.2. The number of rotatable bonds is 3. The van der Waals surface area contributed by atoms with E-state index in [-0.39, 0.29) is 12.0 Å². The van der Waals surface area contributed by atoms with Crippen LogP contribution in [0.4, 0.5) is 0 Å². The number of hydrogen-bond acceptors (Lipinski definition) is 3. The van der Waals surface area contributed by atoms with Crippen LogP contribution in [0.5, 0.6) is 0 Å². The molecular weight excluding hydrogens is 234 g/mol. The summed E-state index contributed by atoms with van der Waals surface area (Å²) in [7, 11) is 0. The average Bonchev–Trinajstić information content (AvgIpc) is 3.01. The van der Waals surface area contributed by atoms with E-state index in [9.17, 15) is 4.79 Å². The fourth-order valence-corrected chi connectivity index (χ4v) is 3.77. The maximum absolute atomic E-state index is 11.9. The van der Waals surface area contributed by atoms with E-state index in [0.29, 0.717) is 0 Å². The maximum atomic E-state index is 11.9. The van der Waals surface area contributed by atoms with Gasteiger partial charge in [-0.05, 0) is 43.7 Å². The molecule has 4 heteroatoms. The Kier molecular flexibility index (Phi) is 3.16. The topological polar surface area (TPSA) is 38.3 Å². The first-order valence-electron chi connectivity index (χ1n) is 6.40. The SMILES string of the molecule is O=C(NOC1CCCC1)c1cc2c(s1)CCC2. The van der Waals surface area contributed by atoms with Crippen molar-refractivity contribution in [2.75, 3.05) is 0 Å². The molecule has 3 rings (SSSR count). The van der Waals surface area contributed by atoms with E-state index in [0.717, 1.165) is 30.6 Å². The van der Waals surface area contributed by atoms with Gasteiger partial charge in [-0.2, -0.15) is 0 Å². The molecule has 0 bridgehead atoms. The Morgan fingerprint density at radius 3 is 2.88 bits per heavy atom. The van der Waals surface area contributed by atoms with Crippen molar-refractivity contribution in [1.29, 1.82) is 0 Å². The van der Waals surface area contributed by atoms with Crippen molar-refractivity contribution in [3.8, 4) is 0 Å². The zero-order valence-corrected chi connectivity index (χ0v) is 10.6. The molecule has 2 aliphatic rings. The van der Waals surface area contributed by atoms with Gasteiger partial charge in [0, 0.05) is 4.88 Å². The number of nitrogens with one attached hydrogen (secondary N) is 1. The maximum Gasteiger partial charge on any atom is 0.284 e. The fraction of sp³-hybridized carbons (Fsp3) is 0.615. The van der Waals surface area contributed by atoms with E-state index in [1.54, 1.807) is 11.3 Å². The molecule has 1 saturated carbocycles. The second-order valence-corrected chi connectivity index (χ2v) is 6.00. The predicted molar refractivity (Wildman–Crippen MR) is 67.2 cm³/mol. The zero-order chi connectivity index (χ0) is 11.7. The van der Waals surface area contributed by atoms with Gasteiger partial charge in [0.1, 0.15) is 0 Å². The first kappa shape index (κ1) is 11.2. The Labute approximate surface area is 105 Å². The highest BCUT2D eigenvalue weighted by Gasteiger charge is 2.20. The van der Waals surface area contributed by atoms with E-state index in [4.69, 9.17) is 4.84 Å².